The number of hydrogen-bond acceptors (Lipinski definition) is 2. The van der Waals surface area contributed by atoms with Crippen molar-refractivity contribution in [1.82, 2.24) is 4.90 Å². The van der Waals surface area contributed by atoms with Gasteiger partial charge < -0.3 is 16.0 Å². The molecule has 1 aliphatic heterocycles. The van der Waals surface area contributed by atoms with E-state index in [2.05, 4.69) is 5.32 Å². The number of fused-ring (bicyclic) bond motifs is 1. The Balaban J connectivity index is 2.18. The van der Waals surface area contributed by atoms with Crippen molar-refractivity contribution in [3.05, 3.63) is 29.8 Å². The number of carbonyl (C=O) groups is 1. The molecule has 1 aromatic rings. The fourth-order valence-corrected chi connectivity index (χ4v) is 1.87. The van der Waals surface area contributed by atoms with E-state index in [1.807, 2.05) is 38.1 Å². The summed E-state index contributed by atoms with van der Waals surface area (Å²) >= 11 is 0. The molecule has 0 atom stereocenters. The summed E-state index contributed by atoms with van der Waals surface area (Å²) in [5.74, 6) is 0. The highest BCUT2D eigenvalue weighted by Gasteiger charge is 2.26. The van der Waals surface area contributed by atoms with Crippen LogP contribution in [0.25, 0.3) is 0 Å². The first-order valence-corrected chi connectivity index (χ1v) is 5.38. The Kier molecular flexibility index (Phi) is 2.59. The monoisotopic (exact) mass is 219 g/mol. The first-order chi connectivity index (χ1) is 7.46. The molecule has 0 radical (unpaired) electrons. The van der Waals surface area contributed by atoms with E-state index in [1.54, 1.807) is 4.90 Å². The van der Waals surface area contributed by atoms with Gasteiger partial charge in [-0.15, -0.1) is 0 Å². The maximum absolute atomic E-state index is 11.8. The molecule has 0 fully saturated rings. The van der Waals surface area contributed by atoms with Gasteiger partial charge in [0.15, 0.2) is 0 Å². The topological polar surface area (TPSA) is 58.4 Å². The second-order valence-electron chi connectivity index (χ2n) is 4.93. The van der Waals surface area contributed by atoms with Crippen LogP contribution in [0.4, 0.5) is 10.5 Å². The average Bonchev–Trinajstić information content (AvgIpc) is 2.17. The molecule has 86 valence electrons. The zero-order chi connectivity index (χ0) is 11.8. The second kappa shape index (κ2) is 3.79. The van der Waals surface area contributed by atoms with E-state index >= 15 is 0 Å². The Hall–Kier alpha value is -1.55. The van der Waals surface area contributed by atoms with Crippen molar-refractivity contribution in [2.75, 3.05) is 11.9 Å². The molecule has 2 rings (SSSR count). The predicted molar refractivity (Wildman–Crippen MR) is 64.1 cm³/mol. The molecule has 16 heavy (non-hydrogen) atoms. The minimum absolute atomic E-state index is 0.0720. The van der Waals surface area contributed by atoms with Crippen molar-refractivity contribution in [1.29, 1.82) is 0 Å². The van der Waals surface area contributed by atoms with Gasteiger partial charge in [-0.2, -0.15) is 0 Å². The standard InChI is InChI=1S/C12H17N3O/c1-12(2,13)8-15-7-9-5-3-4-6-10(9)14-11(15)16/h3-6H,7-8,13H2,1-2H3,(H,14,16). The Labute approximate surface area is 95.4 Å². The highest BCUT2D eigenvalue weighted by atomic mass is 16.2. The van der Waals surface area contributed by atoms with Crippen molar-refractivity contribution >= 4 is 11.7 Å². The van der Waals surface area contributed by atoms with Gasteiger partial charge in [0.1, 0.15) is 0 Å². The van der Waals surface area contributed by atoms with E-state index in [-0.39, 0.29) is 11.6 Å². The van der Waals surface area contributed by atoms with Gasteiger partial charge in [-0.25, -0.2) is 4.79 Å². The molecule has 1 heterocycles. The molecule has 4 nitrogen and oxygen atoms in total. The van der Waals surface area contributed by atoms with Crippen molar-refractivity contribution in [2.24, 2.45) is 5.73 Å². The molecule has 4 heteroatoms. The Morgan fingerprint density at radius 1 is 1.44 bits per heavy atom. The third-order valence-electron chi connectivity index (χ3n) is 2.51. The summed E-state index contributed by atoms with van der Waals surface area (Å²) in [5.41, 5.74) is 7.59. The van der Waals surface area contributed by atoms with Gasteiger partial charge in [-0.1, -0.05) is 18.2 Å². The highest BCUT2D eigenvalue weighted by molar-refractivity contribution is 5.92. The molecule has 0 bridgehead atoms. The Bertz CT molecular complexity index is 409. The van der Waals surface area contributed by atoms with Gasteiger partial charge in [-0.05, 0) is 25.5 Å². The molecule has 0 aromatic heterocycles. The zero-order valence-corrected chi connectivity index (χ0v) is 9.66. The maximum Gasteiger partial charge on any atom is 0.322 e. The van der Waals surface area contributed by atoms with Crippen LogP contribution in [0, 0.1) is 0 Å². The average molecular weight is 219 g/mol. The third-order valence-corrected chi connectivity index (χ3v) is 2.51. The molecule has 1 aromatic carbocycles. The number of nitrogens with two attached hydrogens (primary N) is 1. The number of rotatable bonds is 2. The van der Waals surface area contributed by atoms with Crippen LogP contribution < -0.4 is 11.1 Å². The predicted octanol–water partition coefficient (Wildman–Crippen LogP) is 1.77. The number of nitrogens with one attached hydrogen (secondary N) is 1. The summed E-state index contributed by atoms with van der Waals surface area (Å²) < 4.78 is 0. The molecule has 0 saturated heterocycles. The van der Waals surface area contributed by atoms with E-state index in [9.17, 15) is 4.79 Å². The Morgan fingerprint density at radius 3 is 2.81 bits per heavy atom. The first-order valence-electron chi connectivity index (χ1n) is 5.38. The number of para-hydroxylation sites is 1. The lowest BCUT2D eigenvalue weighted by Crippen LogP contribution is -2.50. The highest BCUT2D eigenvalue weighted by Crippen LogP contribution is 2.23. The van der Waals surface area contributed by atoms with Gasteiger partial charge in [0.25, 0.3) is 0 Å². The summed E-state index contributed by atoms with van der Waals surface area (Å²) in [6.07, 6.45) is 0. The van der Waals surface area contributed by atoms with Crippen LogP contribution in [-0.2, 0) is 6.54 Å². The molecule has 0 spiro atoms. The van der Waals surface area contributed by atoms with Crippen molar-refractivity contribution in [3.63, 3.8) is 0 Å². The summed E-state index contributed by atoms with van der Waals surface area (Å²) in [7, 11) is 0. The summed E-state index contributed by atoms with van der Waals surface area (Å²) in [5, 5.41) is 2.86. The number of urea groups is 1. The molecule has 2 amide bonds. The van der Waals surface area contributed by atoms with E-state index in [0.29, 0.717) is 13.1 Å². The summed E-state index contributed by atoms with van der Waals surface area (Å²) in [6, 6.07) is 7.75. The lowest BCUT2D eigenvalue weighted by atomic mass is 10.0. The molecule has 0 saturated carbocycles. The smallest absolute Gasteiger partial charge is 0.322 e. The second-order valence-corrected chi connectivity index (χ2v) is 4.93. The van der Waals surface area contributed by atoms with Gasteiger partial charge in [-0.3, -0.25) is 0 Å². The van der Waals surface area contributed by atoms with Crippen LogP contribution in [0.3, 0.4) is 0 Å². The molecule has 1 aliphatic rings. The number of anilines is 1. The number of carbonyl (C=O) groups excluding carboxylic acids is 1. The fourth-order valence-electron chi connectivity index (χ4n) is 1.87. The summed E-state index contributed by atoms with van der Waals surface area (Å²) in [6.45, 7) is 5.01. The van der Waals surface area contributed by atoms with E-state index in [0.717, 1.165) is 11.3 Å². The van der Waals surface area contributed by atoms with Crippen molar-refractivity contribution in [2.45, 2.75) is 25.9 Å². The van der Waals surface area contributed by atoms with Crippen LogP contribution in [0.2, 0.25) is 0 Å². The van der Waals surface area contributed by atoms with Crippen molar-refractivity contribution in [3.8, 4) is 0 Å². The maximum atomic E-state index is 11.8. The number of amides is 2. The number of benzene rings is 1. The zero-order valence-electron chi connectivity index (χ0n) is 9.66. The molecule has 3 N–H and O–H groups in total. The lowest BCUT2D eigenvalue weighted by molar-refractivity contribution is 0.193. The fraction of sp³-hybridized carbons (Fsp3) is 0.417. The van der Waals surface area contributed by atoms with Crippen LogP contribution in [0.5, 0.6) is 0 Å². The van der Waals surface area contributed by atoms with Gasteiger partial charge in [0.05, 0.1) is 0 Å². The van der Waals surface area contributed by atoms with Crippen LogP contribution >= 0.6 is 0 Å². The van der Waals surface area contributed by atoms with Crippen LogP contribution in [-0.4, -0.2) is 23.0 Å². The molecule has 0 unspecified atom stereocenters. The lowest BCUT2D eigenvalue weighted by Gasteiger charge is -2.33. The Morgan fingerprint density at radius 2 is 2.12 bits per heavy atom. The number of nitrogens with zero attached hydrogens (tertiary/aromatic N) is 1. The molecular formula is C12H17N3O. The SMILES string of the molecule is CC(C)(N)CN1Cc2ccccc2NC1=O. The van der Waals surface area contributed by atoms with Crippen LogP contribution in [0.1, 0.15) is 19.4 Å². The first kappa shape index (κ1) is 11.0. The number of hydrogen-bond donors (Lipinski definition) is 2. The molecule has 0 aliphatic carbocycles. The van der Waals surface area contributed by atoms with E-state index < -0.39 is 0 Å². The van der Waals surface area contributed by atoms with E-state index in [1.165, 1.54) is 0 Å². The van der Waals surface area contributed by atoms with Gasteiger partial charge in [0, 0.05) is 24.3 Å². The summed E-state index contributed by atoms with van der Waals surface area (Å²) in [4.78, 5) is 13.5. The van der Waals surface area contributed by atoms with E-state index in [4.69, 9.17) is 5.73 Å². The van der Waals surface area contributed by atoms with Gasteiger partial charge in [0.2, 0.25) is 0 Å². The van der Waals surface area contributed by atoms with Gasteiger partial charge >= 0.3 is 6.03 Å². The minimum Gasteiger partial charge on any atom is -0.324 e. The largest absolute Gasteiger partial charge is 0.324 e. The third kappa shape index (κ3) is 2.33. The quantitative estimate of drug-likeness (QED) is 0.796. The van der Waals surface area contributed by atoms with Crippen molar-refractivity contribution < 1.29 is 4.79 Å². The minimum atomic E-state index is -0.371. The van der Waals surface area contributed by atoms with Crippen LogP contribution in [0.15, 0.2) is 24.3 Å². The normalized spacial score (nSPS) is 15.7. The molecular weight excluding hydrogens is 202 g/mol.